The Labute approximate surface area is 117 Å². The van der Waals surface area contributed by atoms with Gasteiger partial charge in [0.2, 0.25) is 11.8 Å². The number of amides is 2. The Morgan fingerprint density at radius 1 is 1.37 bits per heavy atom. The molecule has 1 heterocycles. The molecule has 4 nitrogen and oxygen atoms in total. The van der Waals surface area contributed by atoms with Crippen LogP contribution in [0.25, 0.3) is 0 Å². The molecule has 0 saturated carbocycles. The van der Waals surface area contributed by atoms with Crippen LogP contribution in [0.4, 0.5) is 0 Å². The number of halogens is 1. The summed E-state index contributed by atoms with van der Waals surface area (Å²) in [4.78, 5) is 25.8. The molecule has 1 N–H and O–H groups in total. The number of carbonyl (C=O) groups excluding carboxylic acids is 2. The van der Waals surface area contributed by atoms with Crippen molar-refractivity contribution in [3.8, 4) is 0 Å². The third-order valence-corrected chi connectivity index (χ3v) is 4.13. The highest BCUT2D eigenvalue weighted by atomic mass is 35.5. The number of piperazine rings is 1. The summed E-state index contributed by atoms with van der Waals surface area (Å²) in [5.41, 5.74) is 0.0426. The van der Waals surface area contributed by atoms with Crippen molar-refractivity contribution in [2.24, 2.45) is 0 Å². The van der Waals surface area contributed by atoms with Crippen LogP contribution in [0.3, 0.4) is 0 Å². The lowest BCUT2D eigenvalue weighted by Gasteiger charge is -2.43. The van der Waals surface area contributed by atoms with Crippen LogP contribution in [0.2, 0.25) is 5.02 Å². The molecule has 1 aliphatic heterocycles. The maximum Gasteiger partial charge on any atom is 0.246 e. The fourth-order valence-corrected chi connectivity index (χ4v) is 2.45. The van der Waals surface area contributed by atoms with Crippen molar-refractivity contribution >= 4 is 23.4 Å². The number of nitrogens with zero attached hydrogens (tertiary/aromatic N) is 1. The van der Waals surface area contributed by atoms with Crippen molar-refractivity contribution in [1.29, 1.82) is 0 Å². The van der Waals surface area contributed by atoms with Crippen LogP contribution in [-0.4, -0.2) is 28.8 Å². The Kier molecular flexibility index (Phi) is 3.80. The third kappa shape index (κ3) is 2.45. The molecule has 2 rings (SSSR count). The zero-order valence-electron chi connectivity index (χ0n) is 11.1. The summed E-state index contributed by atoms with van der Waals surface area (Å²) in [5.74, 6) is -0.189. The molecule has 0 aromatic heterocycles. The smallest absolute Gasteiger partial charge is 0.246 e. The minimum atomic E-state index is -0.811. The van der Waals surface area contributed by atoms with Gasteiger partial charge in [0.1, 0.15) is 5.54 Å². The minimum Gasteiger partial charge on any atom is -0.345 e. The highest BCUT2D eigenvalue weighted by Gasteiger charge is 2.44. The van der Waals surface area contributed by atoms with Gasteiger partial charge in [-0.1, -0.05) is 36.7 Å². The SMILES string of the molecule is CCC1(C)C(=O)NCC(=O)N1Cc1ccccc1Cl. The topological polar surface area (TPSA) is 49.4 Å². The molecule has 0 spiro atoms. The molecule has 1 atom stereocenters. The molecule has 1 aromatic rings. The Balaban J connectivity index is 2.32. The lowest BCUT2D eigenvalue weighted by Crippen LogP contribution is -2.65. The maximum atomic E-state index is 12.1. The quantitative estimate of drug-likeness (QED) is 0.920. The van der Waals surface area contributed by atoms with Gasteiger partial charge in [0.15, 0.2) is 0 Å². The molecule has 1 aromatic carbocycles. The fourth-order valence-electron chi connectivity index (χ4n) is 2.25. The van der Waals surface area contributed by atoms with E-state index in [9.17, 15) is 9.59 Å². The molecule has 1 saturated heterocycles. The van der Waals surface area contributed by atoms with Gasteiger partial charge in [0.05, 0.1) is 6.54 Å². The van der Waals surface area contributed by atoms with Crippen LogP contribution >= 0.6 is 11.6 Å². The second-order valence-corrected chi connectivity index (χ2v) is 5.29. The van der Waals surface area contributed by atoms with Crippen molar-refractivity contribution in [1.82, 2.24) is 10.2 Å². The van der Waals surface area contributed by atoms with E-state index in [1.807, 2.05) is 25.1 Å². The fraction of sp³-hybridized carbons (Fsp3) is 0.429. The Morgan fingerprint density at radius 3 is 2.68 bits per heavy atom. The van der Waals surface area contributed by atoms with E-state index in [1.165, 1.54) is 0 Å². The van der Waals surface area contributed by atoms with Crippen LogP contribution < -0.4 is 5.32 Å². The summed E-state index contributed by atoms with van der Waals surface area (Å²) in [6, 6.07) is 7.38. The number of benzene rings is 1. The minimum absolute atomic E-state index is 0.0544. The van der Waals surface area contributed by atoms with Crippen LogP contribution in [0.15, 0.2) is 24.3 Å². The van der Waals surface area contributed by atoms with Crippen molar-refractivity contribution in [2.75, 3.05) is 6.54 Å². The van der Waals surface area contributed by atoms with E-state index in [0.29, 0.717) is 18.0 Å². The Morgan fingerprint density at radius 2 is 2.05 bits per heavy atom. The van der Waals surface area contributed by atoms with Gasteiger partial charge in [-0.25, -0.2) is 0 Å². The average molecular weight is 281 g/mol. The highest BCUT2D eigenvalue weighted by Crippen LogP contribution is 2.27. The van der Waals surface area contributed by atoms with Gasteiger partial charge in [-0.05, 0) is 25.0 Å². The monoisotopic (exact) mass is 280 g/mol. The molecule has 19 heavy (non-hydrogen) atoms. The van der Waals surface area contributed by atoms with Crippen LogP contribution in [0.5, 0.6) is 0 Å². The Bertz CT molecular complexity index is 518. The first-order valence-electron chi connectivity index (χ1n) is 6.31. The summed E-state index contributed by atoms with van der Waals surface area (Å²) in [6.07, 6.45) is 0.565. The second kappa shape index (κ2) is 5.21. The van der Waals surface area contributed by atoms with Crippen LogP contribution in [-0.2, 0) is 16.1 Å². The van der Waals surface area contributed by atoms with Gasteiger partial charge in [-0.3, -0.25) is 9.59 Å². The molecule has 0 bridgehead atoms. The van der Waals surface area contributed by atoms with Gasteiger partial charge in [0, 0.05) is 11.6 Å². The van der Waals surface area contributed by atoms with Crippen molar-refractivity contribution in [2.45, 2.75) is 32.4 Å². The van der Waals surface area contributed by atoms with Gasteiger partial charge in [0.25, 0.3) is 0 Å². The molecule has 0 aliphatic carbocycles. The normalized spacial score (nSPS) is 23.4. The lowest BCUT2D eigenvalue weighted by molar-refractivity contribution is -0.153. The van der Waals surface area contributed by atoms with E-state index in [0.717, 1.165) is 5.56 Å². The van der Waals surface area contributed by atoms with Crippen molar-refractivity contribution < 1.29 is 9.59 Å². The summed E-state index contributed by atoms with van der Waals surface area (Å²) in [5, 5.41) is 3.25. The molecule has 1 unspecified atom stereocenters. The van der Waals surface area contributed by atoms with Gasteiger partial charge in [-0.2, -0.15) is 0 Å². The van der Waals surface area contributed by atoms with Crippen molar-refractivity contribution in [3.05, 3.63) is 34.9 Å². The van der Waals surface area contributed by atoms with E-state index < -0.39 is 5.54 Å². The average Bonchev–Trinajstić information content (AvgIpc) is 2.41. The van der Waals surface area contributed by atoms with E-state index >= 15 is 0 Å². The van der Waals surface area contributed by atoms with Crippen molar-refractivity contribution in [3.63, 3.8) is 0 Å². The first-order valence-corrected chi connectivity index (χ1v) is 6.69. The molecular weight excluding hydrogens is 264 g/mol. The lowest BCUT2D eigenvalue weighted by atomic mass is 9.92. The number of carbonyl (C=O) groups is 2. The van der Waals surface area contributed by atoms with Gasteiger partial charge >= 0.3 is 0 Å². The summed E-state index contributed by atoms with van der Waals surface area (Å²) >= 11 is 6.13. The largest absolute Gasteiger partial charge is 0.345 e. The first-order chi connectivity index (χ1) is 8.99. The zero-order chi connectivity index (χ0) is 14.0. The number of nitrogens with one attached hydrogen (secondary N) is 1. The van der Waals surface area contributed by atoms with E-state index in [2.05, 4.69) is 5.32 Å². The third-order valence-electron chi connectivity index (χ3n) is 3.76. The molecule has 1 aliphatic rings. The molecule has 0 radical (unpaired) electrons. The highest BCUT2D eigenvalue weighted by molar-refractivity contribution is 6.31. The predicted octanol–water partition coefficient (Wildman–Crippen LogP) is 1.97. The Hall–Kier alpha value is -1.55. The number of hydrogen-bond donors (Lipinski definition) is 1. The zero-order valence-corrected chi connectivity index (χ0v) is 11.8. The van der Waals surface area contributed by atoms with Crippen LogP contribution in [0.1, 0.15) is 25.8 Å². The van der Waals surface area contributed by atoms with Gasteiger partial charge in [-0.15, -0.1) is 0 Å². The van der Waals surface area contributed by atoms with Gasteiger partial charge < -0.3 is 10.2 Å². The summed E-state index contributed by atoms with van der Waals surface area (Å²) in [7, 11) is 0. The second-order valence-electron chi connectivity index (χ2n) is 4.88. The number of rotatable bonds is 3. The molecule has 2 amide bonds. The predicted molar refractivity (Wildman–Crippen MR) is 73.7 cm³/mol. The first kappa shape index (κ1) is 13.9. The van der Waals surface area contributed by atoms with E-state index in [1.54, 1.807) is 17.9 Å². The molecule has 1 fully saturated rings. The maximum absolute atomic E-state index is 12.1. The number of hydrogen-bond acceptors (Lipinski definition) is 2. The van der Waals surface area contributed by atoms with Crippen LogP contribution in [0, 0.1) is 0 Å². The molecular formula is C14H17ClN2O2. The molecule has 102 valence electrons. The van der Waals surface area contributed by atoms with E-state index in [4.69, 9.17) is 11.6 Å². The molecule has 5 heteroatoms. The summed E-state index contributed by atoms with van der Waals surface area (Å²) < 4.78 is 0. The standard InChI is InChI=1S/C14H17ClN2O2/c1-3-14(2)13(19)16-8-12(18)17(14)9-10-6-4-5-7-11(10)15/h4-7H,3,8-9H2,1-2H3,(H,16,19). The summed E-state index contributed by atoms with van der Waals surface area (Å²) in [6.45, 7) is 4.10. The van der Waals surface area contributed by atoms with E-state index in [-0.39, 0.29) is 18.4 Å².